The van der Waals surface area contributed by atoms with Crippen LogP contribution in [-0.2, 0) is 16.0 Å². The zero-order valence-corrected chi connectivity index (χ0v) is 16.7. The number of halogens is 2. The molecule has 1 heterocycles. The maximum Gasteiger partial charge on any atom is 0.229 e. The number of carbonyl (C=O) groups is 2. The summed E-state index contributed by atoms with van der Waals surface area (Å²) in [5, 5.41) is 3.63. The summed E-state index contributed by atoms with van der Waals surface area (Å²) in [6, 6.07) is 13.0. The predicted octanol–water partition coefficient (Wildman–Crippen LogP) is 5.33. The number of amides is 2. The molecule has 0 radical (unpaired) electrons. The fourth-order valence-electron chi connectivity index (χ4n) is 3.20. The molecule has 0 saturated carbocycles. The normalized spacial score (nSPS) is 16.6. The smallest absolute Gasteiger partial charge is 0.229 e. The van der Waals surface area contributed by atoms with Crippen LogP contribution >= 0.6 is 23.2 Å². The minimum atomic E-state index is -0.424. The Hall–Kier alpha value is -2.04. The Morgan fingerprint density at radius 1 is 1.19 bits per heavy atom. The average Bonchev–Trinajstić information content (AvgIpc) is 3.05. The van der Waals surface area contributed by atoms with E-state index in [1.165, 1.54) is 10.5 Å². The second-order valence-corrected chi connectivity index (χ2v) is 7.55. The van der Waals surface area contributed by atoms with E-state index >= 15 is 0 Å². The Kier molecular flexibility index (Phi) is 6.40. The minimum absolute atomic E-state index is 0.130. The van der Waals surface area contributed by atoms with Crippen LogP contribution in [0.2, 0.25) is 10.0 Å². The first-order chi connectivity index (χ1) is 13.0. The fourth-order valence-corrected chi connectivity index (χ4v) is 3.59. The van der Waals surface area contributed by atoms with Crippen LogP contribution in [0, 0.1) is 5.92 Å². The molecule has 0 bridgehead atoms. The first-order valence-electron chi connectivity index (χ1n) is 9.13. The molecule has 142 valence electrons. The Morgan fingerprint density at radius 2 is 1.93 bits per heavy atom. The summed E-state index contributed by atoms with van der Waals surface area (Å²) in [7, 11) is 0. The van der Waals surface area contributed by atoms with Crippen molar-refractivity contribution in [2.75, 3.05) is 16.8 Å². The summed E-state index contributed by atoms with van der Waals surface area (Å²) in [6.07, 6.45) is 3.50. The van der Waals surface area contributed by atoms with Crippen molar-refractivity contribution in [2.45, 2.75) is 32.6 Å². The first-order valence-corrected chi connectivity index (χ1v) is 9.89. The van der Waals surface area contributed by atoms with Gasteiger partial charge in [-0.25, -0.2) is 0 Å². The lowest BCUT2D eigenvalue weighted by molar-refractivity contribution is -0.122. The van der Waals surface area contributed by atoms with Crippen molar-refractivity contribution in [2.24, 2.45) is 5.92 Å². The Morgan fingerprint density at radius 3 is 2.63 bits per heavy atom. The van der Waals surface area contributed by atoms with Gasteiger partial charge in [-0.1, -0.05) is 54.7 Å². The molecular formula is C21H22Cl2N2O2. The van der Waals surface area contributed by atoms with E-state index in [0.717, 1.165) is 24.9 Å². The molecule has 6 heteroatoms. The largest absolute Gasteiger partial charge is 0.326 e. The minimum Gasteiger partial charge on any atom is -0.326 e. The van der Waals surface area contributed by atoms with Gasteiger partial charge in [0.15, 0.2) is 0 Å². The molecule has 3 rings (SSSR count). The SMILES string of the molecule is CCCCc1ccc(NC(=O)[C@H]2CC(=O)N(c3cccc(Cl)c3Cl)C2)cc1. The zero-order valence-electron chi connectivity index (χ0n) is 15.2. The molecule has 2 aromatic carbocycles. The van der Waals surface area contributed by atoms with Crippen molar-refractivity contribution in [3.8, 4) is 0 Å². The summed E-state index contributed by atoms with van der Waals surface area (Å²) in [5.41, 5.74) is 2.55. The van der Waals surface area contributed by atoms with Crippen LogP contribution < -0.4 is 10.2 Å². The highest BCUT2D eigenvalue weighted by molar-refractivity contribution is 6.44. The van der Waals surface area contributed by atoms with Crippen molar-refractivity contribution in [3.63, 3.8) is 0 Å². The summed E-state index contributed by atoms with van der Waals surface area (Å²) >= 11 is 12.3. The molecule has 1 saturated heterocycles. The van der Waals surface area contributed by atoms with Crippen LogP contribution in [-0.4, -0.2) is 18.4 Å². The molecule has 27 heavy (non-hydrogen) atoms. The molecule has 1 N–H and O–H groups in total. The van der Waals surface area contributed by atoms with Gasteiger partial charge in [-0.15, -0.1) is 0 Å². The third-order valence-corrected chi connectivity index (χ3v) is 5.57. The number of anilines is 2. The van der Waals surface area contributed by atoms with Gasteiger partial charge < -0.3 is 10.2 Å². The Labute approximate surface area is 169 Å². The lowest BCUT2D eigenvalue weighted by Gasteiger charge is -2.18. The molecule has 1 aliphatic rings. The van der Waals surface area contributed by atoms with E-state index in [2.05, 4.69) is 12.2 Å². The van der Waals surface area contributed by atoms with E-state index in [-0.39, 0.29) is 18.2 Å². The van der Waals surface area contributed by atoms with Gasteiger partial charge in [-0.05, 0) is 42.7 Å². The molecule has 0 unspecified atom stereocenters. The molecule has 1 atom stereocenters. The number of aryl methyl sites for hydroxylation is 1. The number of hydrogen-bond donors (Lipinski definition) is 1. The van der Waals surface area contributed by atoms with Crippen molar-refractivity contribution < 1.29 is 9.59 Å². The summed E-state index contributed by atoms with van der Waals surface area (Å²) in [6.45, 7) is 2.46. The van der Waals surface area contributed by atoms with Crippen LogP contribution in [0.3, 0.4) is 0 Å². The van der Waals surface area contributed by atoms with Crippen molar-refractivity contribution in [1.29, 1.82) is 0 Å². The quantitative estimate of drug-likeness (QED) is 0.707. The van der Waals surface area contributed by atoms with Gasteiger partial charge in [-0.3, -0.25) is 9.59 Å². The van der Waals surface area contributed by atoms with Gasteiger partial charge in [0.2, 0.25) is 11.8 Å². The standard InChI is InChI=1S/C21H22Cl2N2O2/c1-2-3-5-14-8-10-16(11-9-14)24-21(27)15-12-19(26)25(13-15)18-7-4-6-17(22)20(18)23/h4,6-11,15H,2-3,5,12-13H2,1H3,(H,24,27)/t15-/m0/s1. The van der Waals surface area contributed by atoms with Crippen LogP contribution in [0.15, 0.2) is 42.5 Å². The number of benzene rings is 2. The lowest BCUT2D eigenvalue weighted by Crippen LogP contribution is -2.28. The number of carbonyl (C=O) groups excluding carboxylic acids is 2. The third kappa shape index (κ3) is 4.63. The second kappa shape index (κ2) is 8.77. The molecule has 0 aliphatic carbocycles. The Bertz CT molecular complexity index is 837. The molecule has 0 spiro atoms. The summed E-state index contributed by atoms with van der Waals surface area (Å²) in [5.74, 6) is -0.716. The van der Waals surface area contributed by atoms with E-state index in [1.54, 1.807) is 18.2 Å². The van der Waals surface area contributed by atoms with Crippen LogP contribution in [0.1, 0.15) is 31.7 Å². The number of nitrogens with one attached hydrogen (secondary N) is 1. The third-order valence-electron chi connectivity index (χ3n) is 4.76. The lowest BCUT2D eigenvalue weighted by atomic mass is 10.1. The number of nitrogens with zero attached hydrogens (tertiary/aromatic N) is 1. The fraction of sp³-hybridized carbons (Fsp3) is 0.333. The Balaban J connectivity index is 1.64. The molecule has 4 nitrogen and oxygen atoms in total. The van der Waals surface area contributed by atoms with Crippen LogP contribution in [0.4, 0.5) is 11.4 Å². The maximum absolute atomic E-state index is 12.6. The van der Waals surface area contributed by atoms with Gasteiger partial charge in [0.25, 0.3) is 0 Å². The summed E-state index contributed by atoms with van der Waals surface area (Å²) in [4.78, 5) is 26.5. The predicted molar refractivity (Wildman–Crippen MR) is 111 cm³/mol. The molecule has 0 aromatic heterocycles. The van der Waals surface area contributed by atoms with Gasteiger partial charge in [0, 0.05) is 18.7 Å². The van der Waals surface area contributed by atoms with Crippen molar-refractivity contribution >= 4 is 46.4 Å². The van der Waals surface area contributed by atoms with E-state index in [0.29, 0.717) is 22.3 Å². The van der Waals surface area contributed by atoms with Gasteiger partial charge >= 0.3 is 0 Å². The highest BCUT2D eigenvalue weighted by Crippen LogP contribution is 2.35. The second-order valence-electron chi connectivity index (χ2n) is 6.77. The molecule has 1 fully saturated rings. The van der Waals surface area contributed by atoms with E-state index in [1.807, 2.05) is 24.3 Å². The topological polar surface area (TPSA) is 49.4 Å². The van der Waals surface area contributed by atoms with E-state index in [9.17, 15) is 9.59 Å². The summed E-state index contributed by atoms with van der Waals surface area (Å²) < 4.78 is 0. The maximum atomic E-state index is 12.6. The first kappa shape index (κ1) is 19.7. The van der Waals surface area contributed by atoms with Crippen molar-refractivity contribution in [1.82, 2.24) is 0 Å². The van der Waals surface area contributed by atoms with Gasteiger partial charge in [0.1, 0.15) is 0 Å². The monoisotopic (exact) mass is 404 g/mol. The zero-order chi connectivity index (χ0) is 19.4. The van der Waals surface area contributed by atoms with Crippen LogP contribution in [0.5, 0.6) is 0 Å². The van der Waals surface area contributed by atoms with Gasteiger partial charge in [-0.2, -0.15) is 0 Å². The molecule has 2 aromatic rings. The van der Waals surface area contributed by atoms with Crippen LogP contribution in [0.25, 0.3) is 0 Å². The van der Waals surface area contributed by atoms with Crippen molar-refractivity contribution in [3.05, 3.63) is 58.1 Å². The van der Waals surface area contributed by atoms with E-state index in [4.69, 9.17) is 23.2 Å². The highest BCUT2D eigenvalue weighted by Gasteiger charge is 2.36. The molecule has 2 amide bonds. The number of hydrogen-bond acceptors (Lipinski definition) is 2. The van der Waals surface area contributed by atoms with E-state index < -0.39 is 5.92 Å². The number of rotatable bonds is 6. The van der Waals surface area contributed by atoms with Gasteiger partial charge in [0.05, 0.1) is 21.7 Å². The average molecular weight is 405 g/mol. The molecular weight excluding hydrogens is 383 g/mol. The highest BCUT2D eigenvalue weighted by atomic mass is 35.5. The molecule has 1 aliphatic heterocycles. The number of unbranched alkanes of at least 4 members (excludes halogenated alkanes) is 1.